The maximum atomic E-state index is 13.0. The number of carbonyl (C=O) groups is 4. The summed E-state index contributed by atoms with van der Waals surface area (Å²) in [4.78, 5) is 53.5. The number of aromatic hydroxyl groups is 1. The van der Waals surface area contributed by atoms with Crippen molar-refractivity contribution in [2.45, 2.75) is 51.3 Å². The van der Waals surface area contributed by atoms with Crippen LogP contribution >= 0.6 is 0 Å². The maximum absolute atomic E-state index is 13.0. The van der Waals surface area contributed by atoms with Gasteiger partial charge in [0, 0.05) is 38.0 Å². The second-order valence-corrected chi connectivity index (χ2v) is 10.3. The van der Waals surface area contributed by atoms with Crippen LogP contribution < -0.4 is 21.3 Å². The normalized spacial score (nSPS) is 20.7. The molecule has 0 heterocycles. The molecule has 1 aromatic rings. The van der Waals surface area contributed by atoms with E-state index < -0.39 is 46.7 Å². The van der Waals surface area contributed by atoms with Gasteiger partial charge in [-0.3, -0.25) is 24.1 Å². The molecule has 1 aliphatic rings. The van der Waals surface area contributed by atoms with Crippen LogP contribution in [0.1, 0.15) is 42.9 Å². The number of aliphatic hydroxyl groups excluding tert-OH is 3. The lowest BCUT2D eigenvalue weighted by Gasteiger charge is -2.26. The minimum atomic E-state index is -2.46. The highest BCUT2D eigenvalue weighted by molar-refractivity contribution is 6.27. The number of anilines is 1. The predicted octanol–water partition coefficient (Wildman–Crippen LogP) is 0.0359. The Labute approximate surface area is 239 Å². The number of hydrogen-bond acceptors (Lipinski definition) is 11. The average Bonchev–Trinajstić information content (AvgIpc) is 2.89. The molecular weight excluding hydrogens is 534 g/mol. The molecule has 0 bridgehead atoms. The molecule has 2 amide bonds. The number of carbonyl (C=O) groups excluding carboxylic acids is 4. The Morgan fingerprint density at radius 3 is 2.32 bits per heavy atom. The first-order valence-electron chi connectivity index (χ1n) is 13.3. The number of aliphatic hydroxyl groups is 3. The van der Waals surface area contributed by atoms with E-state index in [0.717, 1.165) is 0 Å². The maximum Gasteiger partial charge on any atom is 0.255 e. The van der Waals surface area contributed by atoms with Crippen LogP contribution in [0.4, 0.5) is 5.69 Å². The summed E-state index contributed by atoms with van der Waals surface area (Å²) in [6.07, 6.45) is -0.297. The summed E-state index contributed by atoms with van der Waals surface area (Å²) in [5, 5.41) is 49.3. The van der Waals surface area contributed by atoms with Crippen molar-refractivity contribution < 1.29 is 39.6 Å². The van der Waals surface area contributed by atoms with Crippen molar-refractivity contribution in [3.8, 4) is 5.75 Å². The van der Waals surface area contributed by atoms with Crippen LogP contribution in [0.15, 0.2) is 23.5 Å². The van der Waals surface area contributed by atoms with Crippen molar-refractivity contribution in [2.24, 2.45) is 5.73 Å². The average molecular weight is 576 g/mol. The zero-order chi connectivity index (χ0) is 31.0. The molecule has 0 fully saturated rings. The van der Waals surface area contributed by atoms with Crippen LogP contribution in [0, 0.1) is 0 Å². The third-order valence-electron chi connectivity index (χ3n) is 6.85. The van der Waals surface area contributed by atoms with Crippen LogP contribution in [0.3, 0.4) is 0 Å². The van der Waals surface area contributed by atoms with E-state index in [-0.39, 0.29) is 42.3 Å². The highest BCUT2D eigenvalue weighted by atomic mass is 16.3. The lowest BCUT2D eigenvalue weighted by atomic mass is 9.90. The Hall–Kier alpha value is -3.94. The predicted molar refractivity (Wildman–Crippen MR) is 153 cm³/mol. The Balaban J connectivity index is 2.71. The van der Waals surface area contributed by atoms with Gasteiger partial charge in [-0.05, 0) is 51.5 Å². The molecule has 226 valence electrons. The third kappa shape index (κ3) is 8.06. The summed E-state index contributed by atoms with van der Waals surface area (Å²) in [5.74, 6) is -6.10. The van der Waals surface area contributed by atoms with Crippen molar-refractivity contribution in [1.82, 2.24) is 15.5 Å². The van der Waals surface area contributed by atoms with Gasteiger partial charge in [-0.25, -0.2) is 0 Å². The molecule has 13 heteroatoms. The van der Waals surface area contributed by atoms with Gasteiger partial charge >= 0.3 is 0 Å². The highest BCUT2D eigenvalue weighted by Crippen LogP contribution is 2.39. The minimum absolute atomic E-state index is 0.0690. The lowest BCUT2D eigenvalue weighted by molar-refractivity contribution is -0.134. The number of primary amides is 1. The van der Waals surface area contributed by atoms with Crippen LogP contribution in [0.25, 0.3) is 5.76 Å². The van der Waals surface area contributed by atoms with Crippen LogP contribution in [0.5, 0.6) is 5.75 Å². The largest absolute Gasteiger partial charge is 0.510 e. The quantitative estimate of drug-likeness (QED) is 0.163. The van der Waals surface area contributed by atoms with Gasteiger partial charge in [0.2, 0.25) is 11.7 Å². The van der Waals surface area contributed by atoms with Crippen LogP contribution in [-0.2, 0) is 32.1 Å². The number of Topliss-reactive ketones (excluding diaryl/α,β-unsaturated/α-hetero) is 1. The highest BCUT2D eigenvalue weighted by Gasteiger charge is 2.35. The summed E-state index contributed by atoms with van der Waals surface area (Å²) < 4.78 is 0. The van der Waals surface area contributed by atoms with E-state index in [4.69, 9.17) is 5.73 Å². The number of amides is 2. The first-order chi connectivity index (χ1) is 19.2. The number of phenolic OH excluding ortho intramolecular Hbond substituents is 1. The van der Waals surface area contributed by atoms with E-state index in [1.165, 1.54) is 0 Å². The van der Waals surface area contributed by atoms with Crippen molar-refractivity contribution in [3.05, 3.63) is 40.2 Å². The molecule has 1 aromatic carbocycles. The number of fused-ring (bicyclic) bond motifs is 1. The molecule has 1 unspecified atom stereocenters. The topological polar surface area (TPSA) is 206 Å². The number of rotatable bonds is 8. The van der Waals surface area contributed by atoms with E-state index in [2.05, 4.69) is 10.6 Å². The van der Waals surface area contributed by atoms with Gasteiger partial charge in [0.25, 0.3) is 5.91 Å². The monoisotopic (exact) mass is 575 g/mol. The number of ketones is 2. The van der Waals surface area contributed by atoms with Crippen molar-refractivity contribution in [3.63, 3.8) is 0 Å². The molecule has 0 spiro atoms. The molecule has 0 aliphatic heterocycles. The fraction of sp³-hybridized carbons (Fsp3) is 0.500. The molecule has 1 aliphatic carbocycles. The van der Waals surface area contributed by atoms with Gasteiger partial charge in [-0.15, -0.1) is 0 Å². The third-order valence-corrected chi connectivity index (χ3v) is 6.85. The van der Waals surface area contributed by atoms with Gasteiger partial charge in [-0.2, -0.15) is 0 Å². The number of nitrogens with one attached hydrogen (secondary N) is 2. The summed E-state index contributed by atoms with van der Waals surface area (Å²) in [5.41, 5.74) is 5.72. The molecule has 2 rings (SSSR count). The van der Waals surface area contributed by atoms with Crippen LogP contribution in [0.2, 0.25) is 0 Å². The summed E-state index contributed by atoms with van der Waals surface area (Å²) in [6, 6.07) is 0.860. The van der Waals surface area contributed by atoms with Gasteiger partial charge in [0.1, 0.15) is 22.8 Å². The van der Waals surface area contributed by atoms with Gasteiger partial charge in [0.05, 0.1) is 18.2 Å². The fourth-order valence-corrected chi connectivity index (χ4v) is 4.68. The molecule has 13 nitrogen and oxygen atoms in total. The zero-order valence-corrected chi connectivity index (χ0v) is 24.2. The molecular formula is C28H41N5O8. The van der Waals surface area contributed by atoms with E-state index in [0.29, 0.717) is 43.1 Å². The van der Waals surface area contributed by atoms with Gasteiger partial charge < -0.3 is 41.7 Å². The number of hydrogen-bond donors (Lipinski definition) is 7. The first-order valence-corrected chi connectivity index (χ1v) is 13.3. The van der Waals surface area contributed by atoms with Gasteiger partial charge in [-0.1, -0.05) is 13.3 Å². The number of nitrogens with zero attached hydrogens (tertiary/aromatic N) is 2. The number of nitrogens with two attached hydrogens (primary N) is 1. The number of phenols is 1. The van der Waals surface area contributed by atoms with Crippen molar-refractivity contribution in [2.75, 3.05) is 46.2 Å². The Morgan fingerprint density at radius 2 is 1.76 bits per heavy atom. The summed E-state index contributed by atoms with van der Waals surface area (Å²) >= 11 is 0. The Morgan fingerprint density at radius 1 is 1.10 bits per heavy atom. The summed E-state index contributed by atoms with van der Waals surface area (Å²) in [7, 11) is 6.78. The van der Waals surface area contributed by atoms with E-state index >= 15 is 0 Å². The van der Waals surface area contributed by atoms with Crippen molar-refractivity contribution in [1.29, 1.82) is 0 Å². The van der Waals surface area contributed by atoms with Crippen LogP contribution in [-0.4, -0.2) is 102 Å². The zero-order valence-electron chi connectivity index (χ0n) is 24.2. The summed E-state index contributed by atoms with van der Waals surface area (Å²) in [6.45, 7) is 2.43. The lowest BCUT2D eigenvalue weighted by Crippen LogP contribution is -2.39. The standard InChI is InChI=1S/C28H41N5O8/c1-6-30-14-21(36)31-13-15-11-18(33(4)5)16-9-7-8-10-17(32(2)3)25(38)23(28(29)41)27(40)26(39)20(35)12-19(34)22(16)24(15)37/h11-12,17,26,30,34,37-39H,6-10,13-14H2,1-5H3,(H2,29,41)(H,31,36)/b19-12?,25-23-/t17?,26-/m0/s1. The Bertz CT molecular complexity index is 1240. The molecule has 0 radical (unpaired) electrons. The SMILES string of the molecule is CCNCC(=O)NCc1cc(N(C)C)c2c(c1O)C(O)=CC(=O)[C@H](O)C(=O)/C(C(N)=O)=C(/O)C(N(C)C)CCCC2. The van der Waals surface area contributed by atoms with E-state index in [9.17, 15) is 39.6 Å². The number of likely N-dealkylation sites (N-methyl/N-ethyl adjacent to an activating group) is 2. The molecule has 41 heavy (non-hydrogen) atoms. The van der Waals surface area contributed by atoms with E-state index in [1.54, 1.807) is 44.1 Å². The molecule has 0 saturated heterocycles. The molecule has 0 aromatic heterocycles. The molecule has 0 saturated carbocycles. The fourth-order valence-electron chi connectivity index (χ4n) is 4.68. The molecule has 2 atom stereocenters. The number of benzene rings is 1. The Kier molecular flexibility index (Phi) is 11.9. The minimum Gasteiger partial charge on any atom is -0.510 e. The second-order valence-electron chi connectivity index (χ2n) is 10.3. The smallest absolute Gasteiger partial charge is 0.255 e. The first kappa shape index (κ1) is 33.3. The second kappa shape index (κ2) is 14.6. The molecule has 8 N–H and O–H groups in total. The van der Waals surface area contributed by atoms with E-state index in [1.807, 2.05) is 6.92 Å². The van der Waals surface area contributed by atoms with Gasteiger partial charge in [0.15, 0.2) is 11.9 Å². The van der Waals surface area contributed by atoms with Crippen molar-refractivity contribution >= 4 is 34.8 Å².